The molecule has 0 saturated carbocycles. The maximum absolute atomic E-state index is 14.3. The van der Waals surface area contributed by atoms with Crippen LogP contribution in [0.1, 0.15) is 25.3 Å². The molecule has 1 aliphatic rings. The summed E-state index contributed by atoms with van der Waals surface area (Å²) in [5.41, 5.74) is 1.99. The highest BCUT2D eigenvalue weighted by Gasteiger charge is 2.37. The van der Waals surface area contributed by atoms with Gasteiger partial charge in [0.25, 0.3) is 11.8 Å². The summed E-state index contributed by atoms with van der Waals surface area (Å²) >= 11 is 6.24. The second-order valence-electron chi connectivity index (χ2n) is 8.06. The van der Waals surface area contributed by atoms with Gasteiger partial charge >= 0.3 is 0 Å². The van der Waals surface area contributed by atoms with Crippen LogP contribution in [0.2, 0.25) is 5.02 Å². The third-order valence-electron chi connectivity index (χ3n) is 5.68. The number of dihydropyridines is 1. The van der Waals surface area contributed by atoms with Gasteiger partial charge in [0.15, 0.2) is 0 Å². The highest BCUT2D eigenvalue weighted by molar-refractivity contribution is 6.30. The van der Waals surface area contributed by atoms with Gasteiger partial charge in [0.2, 0.25) is 0 Å². The first-order chi connectivity index (χ1) is 16.8. The molecule has 0 fully saturated rings. The summed E-state index contributed by atoms with van der Waals surface area (Å²) in [6.45, 7) is 3.39. The Morgan fingerprint density at radius 2 is 1.26 bits per heavy atom. The van der Waals surface area contributed by atoms with E-state index in [9.17, 15) is 18.4 Å². The fourth-order valence-electron chi connectivity index (χ4n) is 4.12. The van der Waals surface area contributed by atoms with Crippen LogP contribution in [0, 0.1) is 11.6 Å². The number of allylic oxidation sites excluding steroid dienone is 2. The molecule has 0 aliphatic carbocycles. The van der Waals surface area contributed by atoms with E-state index in [1.54, 1.807) is 50.2 Å². The summed E-state index contributed by atoms with van der Waals surface area (Å²) in [5.74, 6) is -3.21. The minimum Gasteiger partial charge on any atom is -0.362 e. The molecule has 0 atom stereocenters. The molecule has 0 unspecified atom stereocenters. The monoisotopic (exact) mass is 493 g/mol. The first-order valence-corrected chi connectivity index (χ1v) is 11.2. The van der Waals surface area contributed by atoms with E-state index in [1.165, 1.54) is 36.4 Å². The normalized spacial score (nSPS) is 14.0. The van der Waals surface area contributed by atoms with Crippen molar-refractivity contribution >= 4 is 34.8 Å². The SMILES string of the molecule is CC1=C(C(=O)Nc2ccccc2F)C(c2cccc(Cl)c2)C(C(=O)Nc2ccccc2F)=C(C)N1. The summed E-state index contributed by atoms with van der Waals surface area (Å²) in [5, 5.41) is 8.69. The topological polar surface area (TPSA) is 70.2 Å². The van der Waals surface area contributed by atoms with Crippen molar-refractivity contribution in [3.8, 4) is 0 Å². The highest BCUT2D eigenvalue weighted by Crippen LogP contribution is 2.40. The van der Waals surface area contributed by atoms with E-state index in [1.807, 2.05) is 0 Å². The second kappa shape index (κ2) is 10.1. The van der Waals surface area contributed by atoms with Crippen LogP contribution in [0.25, 0.3) is 0 Å². The van der Waals surface area contributed by atoms with Crippen LogP contribution in [0.3, 0.4) is 0 Å². The van der Waals surface area contributed by atoms with E-state index in [0.29, 0.717) is 22.0 Å². The molecule has 4 rings (SSSR count). The van der Waals surface area contributed by atoms with Crippen molar-refractivity contribution in [3.63, 3.8) is 0 Å². The second-order valence-corrected chi connectivity index (χ2v) is 8.49. The highest BCUT2D eigenvalue weighted by atomic mass is 35.5. The zero-order valence-electron chi connectivity index (χ0n) is 19.0. The number of carbonyl (C=O) groups is 2. The van der Waals surface area contributed by atoms with Crippen molar-refractivity contribution in [2.24, 2.45) is 0 Å². The van der Waals surface area contributed by atoms with Crippen LogP contribution >= 0.6 is 11.6 Å². The van der Waals surface area contributed by atoms with Crippen LogP contribution < -0.4 is 16.0 Å². The lowest BCUT2D eigenvalue weighted by atomic mass is 9.79. The quantitative estimate of drug-likeness (QED) is 0.400. The predicted molar refractivity (Wildman–Crippen MR) is 133 cm³/mol. The van der Waals surface area contributed by atoms with E-state index in [4.69, 9.17) is 11.6 Å². The Balaban J connectivity index is 1.79. The van der Waals surface area contributed by atoms with Gasteiger partial charge in [0.05, 0.1) is 11.4 Å². The zero-order valence-corrected chi connectivity index (χ0v) is 19.7. The number of benzene rings is 3. The van der Waals surface area contributed by atoms with Crippen molar-refractivity contribution in [1.29, 1.82) is 0 Å². The molecule has 2 amide bonds. The van der Waals surface area contributed by atoms with E-state index < -0.39 is 29.4 Å². The van der Waals surface area contributed by atoms with Gasteiger partial charge in [-0.15, -0.1) is 0 Å². The van der Waals surface area contributed by atoms with Crippen molar-refractivity contribution in [2.45, 2.75) is 19.8 Å². The van der Waals surface area contributed by atoms with Gasteiger partial charge in [0, 0.05) is 33.5 Å². The number of hydrogen-bond acceptors (Lipinski definition) is 3. The molecule has 3 N–H and O–H groups in total. The number of rotatable bonds is 5. The predicted octanol–water partition coefficient (Wildman–Crippen LogP) is 6.13. The lowest BCUT2D eigenvalue weighted by molar-refractivity contribution is -0.113. The van der Waals surface area contributed by atoms with Gasteiger partial charge in [-0.1, -0.05) is 48.0 Å². The molecule has 0 aromatic heterocycles. The number of para-hydroxylation sites is 2. The summed E-state index contributed by atoms with van der Waals surface area (Å²) in [6.07, 6.45) is 0. The molecule has 178 valence electrons. The zero-order chi connectivity index (χ0) is 25.1. The molecule has 35 heavy (non-hydrogen) atoms. The number of anilines is 2. The Morgan fingerprint density at radius 3 is 1.71 bits per heavy atom. The van der Waals surface area contributed by atoms with E-state index in [-0.39, 0.29) is 22.5 Å². The van der Waals surface area contributed by atoms with Gasteiger partial charge in [-0.3, -0.25) is 9.59 Å². The Labute approximate surface area is 206 Å². The molecule has 5 nitrogen and oxygen atoms in total. The lowest BCUT2D eigenvalue weighted by Gasteiger charge is -2.31. The standard InChI is InChI=1S/C27H22ClF2N3O2/c1-15-23(26(34)32-21-12-5-3-10-19(21)29)25(17-8-7-9-18(28)14-17)24(16(2)31-15)27(35)33-22-13-6-4-11-20(22)30/h3-14,25,31H,1-2H3,(H,32,34)(H,33,35). The number of hydrogen-bond donors (Lipinski definition) is 3. The van der Waals surface area contributed by atoms with Crippen molar-refractivity contribution in [2.75, 3.05) is 10.6 Å². The van der Waals surface area contributed by atoms with Gasteiger partial charge in [0.1, 0.15) is 11.6 Å². The van der Waals surface area contributed by atoms with Gasteiger partial charge in [-0.25, -0.2) is 8.78 Å². The Kier molecular flexibility index (Phi) is 6.98. The molecule has 3 aromatic rings. The molecule has 0 saturated heterocycles. The van der Waals surface area contributed by atoms with Crippen LogP contribution in [0.4, 0.5) is 20.2 Å². The Morgan fingerprint density at radius 1 is 0.771 bits per heavy atom. The van der Waals surface area contributed by atoms with E-state index in [0.717, 1.165) is 0 Å². The molecule has 1 heterocycles. The third kappa shape index (κ3) is 5.10. The first-order valence-electron chi connectivity index (χ1n) is 10.8. The minimum atomic E-state index is -0.853. The molecule has 0 bridgehead atoms. The first kappa shape index (κ1) is 24.2. The largest absolute Gasteiger partial charge is 0.362 e. The fourth-order valence-corrected chi connectivity index (χ4v) is 4.32. The Bertz CT molecular complexity index is 1300. The van der Waals surface area contributed by atoms with E-state index >= 15 is 0 Å². The minimum absolute atomic E-state index is 0.00581. The average molecular weight is 494 g/mol. The van der Waals surface area contributed by atoms with Crippen molar-refractivity contribution < 1.29 is 18.4 Å². The van der Waals surface area contributed by atoms with Crippen LogP contribution in [0.5, 0.6) is 0 Å². The van der Waals surface area contributed by atoms with Crippen LogP contribution in [-0.2, 0) is 9.59 Å². The summed E-state index contributed by atoms with van der Waals surface area (Å²) in [7, 11) is 0. The summed E-state index contributed by atoms with van der Waals surface area (Å²) < 4.78 is 28.5. The van der Waals surface area contributed by atoms with Gasteiger partial charge in [-0.05, 0) is 55.8 Å². The van der Waals surface area contributed by atoms with Crippen LogP contribution in [-0.4, -0.2) is 11.8 Å². The molecular formula is C27H22ClF2N3O2. The Hall–Kier alpha value is -3.97. The molecule has 0 spiro atoms. The third-order valence-corrected chi connectivity index (χ3v) is 5.91. The van der Waals surface area contributed by atoms with Crippen molar-refractivity contribution in [3.05, 3.63) is 118 Å². The fraction of sp³-hybridized carbons (Fsp3) is 0.111. The van der Waals surface area contributed by atoms with Crippen molar-refractivity contribution in [1.82, 2.24) is 5.32 Å². The van der Waals surface area contributed by atoms with Gasteiger partial charge < -0.3 is 16.0 Å². The molecule has 3 aromatic carbocycles. The van der Waals surface area contributed by atoms with Gasteiger partial charge in [-0.2, -0.15) is 0 Å². The number of amides is 2. The number of carbonyl (C=O) groups excluding carboxylic acids is 2. The van der Waals surface area contributed by atoms with Crippen LogP contribution in [0.15, 0.2) is 95.3 Å². The smallest absolute Gasteiger partial charge is 0.254 e. The molecule has 8 heteroatoms. The van der Waals surface area contributed by atoms with E-state index in [2.05, 4.69) is 16.0 Å². The lowest BCUT2D eigenvalue weighted by Crippen LogP contribution is -2.35. The molecule has 0 radical (unpaired) electrons. The maximum atomic E-state index is 14.3. The number of nitrogens with one attached hydrogen (secondary N) is 3. The molecular weight excluding hydrogens is 472 g/mol. The summed E-state index contributed by atoms with van der Waals surface area (Å²) in [4.78, 5) is 26.9. The average Bonchev–Trinajstić information content (AvgIpc) is 2.81. The maximum Gasteiger partial charge on any atom is 0.254 e. The number of halogens is 3. The summed E-state index contributed by atoms with van der Waals surface area (Å²) in [6, 6.07) is 18.4. The molecule has 1 aliphatic heterocycles.